The van der Waals surface area contributed by atoms with E-state index in [9.17, 15) is 0 Å². The molecule has 3 N–H and O–H groups in total. The first-order valence-electron chi connectivity index (χ1n) is 5.99. The minimum absolute atomic E-state index is 0.124. The van der Waals surface area contributed by atoms with Gasteiger partial charge in [-0.1, -0.05) is 15.9 Å². The van der Waals surface area contributed by atoms with E-state index in [2.05, 4.69) is 67.2 Å². The standard InChI is InChI=1S/C13H16BrIN4/c1-19-10(6-7-17-19)3-5-13(18-16)11-8-9(15)2-4-12(11)14/h2,4,6-8,13,18H,3,5,16H2,1H3. The van der Waals surface area contributed by atoms with Gasteiger partial charge in [0.15, 0.2) is 0 Å². The number of nitrogens with zero attached hydrogens (tertiary/aromatic N) is 2. The maximum absolute atomic E-state index is 5.71. The van der Waals surface area contributed by atoms with Gasteiger partial charge in [-0.05, 0) is 65.3 Å². The Kier molecular flexibility index (Phi) is 5.37. The van der Waals surface area contributed by atoms with Crippen LogP contribution in [0.2, 0.25) is 0 Å². The van der Waals surface area contributed by atoms with Gasteiger partial charge in [0.1, 0.15) is 0 Å². The third-order valence-electron chi connectivity index (χ3n) is 3.15. The highest BCUT2D eigenvalue weighted by molar-refractivity contribution is 14.1. The van der Waals surface area contributed by atoms with E-state index in [4.69, 9.17) is 5.84 Å². The van der Waals surface area contributed by atoms with Gasteiger partial charge in [-0.3, -0.25) is 16.0 Å². The Balaban J connectivity index is 2.12. The smallest absolute Gasteiger partial charge is 0.0492 e. The molecule has 1 unspecified atom stereocenters. The van der Waals surface area contributed by atoms with E-state index in [1.165, 1.54) is 14.8 Å². The van der Waals surface area contributed by atoms with Gasteiger partial charge in [-0.2, -0.15) is 5.10 Å². The summed E-state index contributed by atoms with van der Waals surface area (Å²) >= 11 is 5.90. The summed E-state index contributed by atoms with van der Waals surface area (Å²) in [7, 11) is 1.96. The summed E-state index contributed by atoms with van der Waals surface area (Å²) in [4.78, 5) is 0. The number of hydrogen-bond acceptors (Lipinski definition) is 3. The van der Waals surface area contributed by atoms with Crippen molar-refractivity contribution in [2.45, 2.75) is 18.9 Å². The normalized spacial score (nSPS) is 12.6. The molecule has 0 saturated heterocycles. The van der Waals surface area contributed by atoms with Crippen LogP contribution in [-0.2, 0) is 13.5 Å². The highest BCUT2D eigenvalue weighted by Gasteiger charge is 2.14. The van der Waals surface area contributed by atoms with Crippen LogP contribution in [-0.4, -0.2) is 9.78 Å². The zero-order valence-electron chi connectivity index (χ0n) is 10.6. The fraction of sp³-hybridized carbons (Fsp3) is 0.308. The van der Waals surface area contributed by atoms with E-state index in [1.54, 1.807) is 0 Å². The minimum atomic E-state index is 0.124. The first-order valence-corrected chi connectivity index (χ1v) is 7.87. The lowest BCUT2D eigenvalue weighted by atomic mass is 10.0. The summed E-state index contributed by atoms with van der Waals surface area (Å²) in [5, 5.41) is 4.18. The van der Waals surface area contributed by atoms with E-state index in [0.29, 0.717) is 0 Å². The minimum Gasteiger partial charge on any atom is -0.273 e. The molecule has 0 bridgehead atoms. The number of nitrogens with two attached hydrogens (primary N) is 1. The van der Waals surface area contributed by atoms with Crippen LogP contribution in [0.3, 0.4) is 0 Å². The third-order valence-corrected chi connectivity index (χ3v) is 4.54. The van der Waals surface area contributed by atoms with E-state index in [0.717, 1.165) is 17.3 Å². The predicted octanol–water partition coefficient (Wildman–Crippen LogP) is 2.92. The van der Waals surface area contributed by atoms with Crippen LogP contribution in [0.25, 0.3) is 0 Å². The fourth-order valence-corrected chi connectivity index (χ4v) is 3.09. The number of halogens is 2. The molecule has 1 atom stereocenters. The molecule has 19 heavy (non-hydrogen) atoms. The lowest BCUT2D eigenvalue weighted by Gasteiger charge is -2.18. The van der Waals surface area contributed by atoms with Crippen molar-refractivity contribution in [3.8, 4) is 0 Å². The molecule has 0 radical (unpaired) electrons. The number of nitrogens with one attached hydrogen (secondary N) is 1. The zero-order valence-corrected chi connectivity index (χ0v) is 14.3. The molecule has 1 aromatic carbocycles. The first kappa shape index (κ1) is 15.0. The molecule has 102 valence electrons. The van der Waals surface area contributed by atoms with Crippen LogP contribution in [0.15, 0.2) is 34.9 Å². The molecule has 0 aliphatic carbocycles. The van der Waals surface area contributed by atoms with Crippen molar-refractivity contribution >= 4 is 38.5 Å². The number of benzene rings is 1. The third kappa shape index (κ3) is 3.77. The second kappa shape index (κ2) is 6.83. The number of aryl methyl sites for hydroxylation is 2. The van der Waals surface area contributed by atoms with E-state index < -0.39 is 0 Å². The molecule has 0 saturated carbocycles. The Labute approximate surface area is 135 Å². The maximum Gasteiger partial charge on any atom is 0.0492 e. The van der Waals surface area contributed by atoms with Crippen molar-refractivity contribution < 1.29 is 0 Å². The van der Waals surface area contributed by atoms with E-state index in [-0.39, 0.29) is 6.04 Å². The van der Waals surface area contributed by atoms with Crippen molar-refractivity contribution in [1.29, 1.82) is 0 Å². The Morgan fingerprint density at radius 1 is 1.47 bits per heavy atom. The van der Waals surface area contributed by atoms with Gasteiger partial charge in [-0.25, -0.2) is 0 Å². The highest BCUT2D eigenvalue weighted by atomic mass is 127. The molecular formula is C13H16BrIN4. The second-order valence-corrected chi connectivity index (χ2v) is 6.47. The molecular weight excluding hydrogens is 419 g/mol. The highest BCUT2D eigenvalue weighted by Crippen LogP contribution is 2.27. The van der Waals surface area contributed by atoms with Crippen molar-refractivity contribution in [1.82, 2.24) is 15.2 Å². The molecule has 6 heteroatoms. The second-order valence-electron chi connectivity index (χ2n) is 4.37. The van der Waals surface area contributed by atoms with E-state index >= 15 is 0 Å². The molecule has 1 aromatic heterocycles. The first-order chi connectivity index (χ1) is 9.11. The number of rotatable bonds is 5. The quantitative estimate of drug-likeness (QED) is 0.432. The lowest BCUT2D eigenvalue weighted by molar-refractivity contribution is 0.505. The maximum atomic E-state index is 5.71. The molecule has 1 heterocycles. The average Bonchev–Trinajstić information content (AvgIpc) is 2.80. The van der Waals surface area contributed by atoms with Crippen LogP contribution in [0.1, 0.15) is 23.7 Å². The van der Waals surface area contributed by atoms with Gasteiger partial charge in [-0.15, -0.1) is 0 Å². The van der Waals surface area contributed by atoms with Crippen molar-refractivity contribution in [3.05, 3.63) is 49.8 Å². The van der Waals surface area contributed by atoms with Crippen molar-refractivity contribution in [2.24, 2.45) is 12.9 Å². The van der Waals surface area contributed by atoms with Crippen LogP contribution in [0.5, 0.6) is 0 Å². The zero-order chi connectivity index (χ0) is 13.8. The number of aromatic nitrogens is 2. The fourth-order valence-electron chi connectivity index (χ4n) is 2.05. The Bertz CT molecular complexity index is 555. The molecule has 0 spiro atoms. The van der Waals surface area contributed by atoms with Crippen LogP contribution in [0.4, 0.5) is 0 Å². The van der Waals surface area contributed by atoms with Gasteiger partial charge < -0.3 is 0 Å². The summed E-state index contributed by atoms with van der Waals surface area (Å²) < 4.78 is 4.19. The Morgan fingerprint density at radius 2 is 2.26 bits per heavy atom. The topological polar surface area (TPSA) is 55.9 Å². The number of hydrazine groups is 1. The van der Waals surface area contributed by atoms with Crippen LogP contribution < -0.4 is 11.3 Å². The van der Waals surface area contributed by atoms with Gasteiger partial charge in [0.05, 0.1) is 0 Å². The number of hydrogen-bond donors (Lipinski definition) is 2. The molecule has 0 fully saturated rings. The van der Waals surface area contributed by atoms with Crippen LogP contribution in [0, 0.1) is 3.57 Å². The lowest BCUT2D eigenvalue weighted by Crippen LogP contribution is -2.29. The van der Waals surface area contributed by atoms with Gasteiger partial charge >= 0.3 is 0 Å². The van der Waals surface area contributed by atoms with E-state index in [1.807, 2.05) is 24.0 Å². The molecule has 0 aliphatic rings. The average molecular weight is 435 g/mol. The Morgan fingerprint density at radius 3 is 2.89 bits per heavy atom. The molecule has 4 nitrogen and oxygen atoms in total. The summed E-state index contributed by atoms with van der Waals surface area (Å²) in [5.41, 5.74) is 5.31. The van der Waals surface area contributed by atoms with Crippen molar-refractivity contribution in [3.63, 3.8) is 0 Å². The molecule has 2 aromatic rings. The predicted molar refractivity (Wildman–Crippen MR) is 88.5 cm³/mol. The molecule has 2 rings (SSSR count). The largest absolute Gasteiger partial charge is 0.273 e. The summed E-state index contributed by atoms with van der Waals surface area (Å²) in [6, 6.07) is 8.45. The van der Waals surface area contributed by atoms with Crippen LogP contribution >= 0.6 is 38.5 Å². The summed E-state index contributed by atoms with van der Waals surface area (Å²) in [6.07, 6.45) is 3.68. The molecule has 0 aliphatic heterocycles. The SMILES string of the molecule is Cn1nccc1CCC(NN)c1cc(I)ccc1Br. The Hall–Kier alpha value is -0.440. The van der Waals surface area contributed by atoms with Crippen molar-refractivity contribution in [2.75, 3.05) is 0 Å². The summed E-state index contributed by atoms with van der Waals surface area (Å²) in [6.45, 7) is 0. The van der Waals surface area contributed by atoms with Gasteiger partial charge in [0.25, 0.3) is 0 Å². The monoisotopic (exact) mass is 434 g/mol. The molecule has 0 amide bonds. The van der Waals surface area contributed by atoms with Gasteiger partial charge in [0.2, 0.25) is 0 Å². The summed E-state index contributed by atoms with van der Waals surface area (Å²) in [5.74, 6) is 5.71. The van der Waals surface area contributed by atoms with Gasteiger partial charge in [0, 0.05) is 33.0 Å².